The zero-order valence-corrected chi connectivity index (χ0v) is 13.6. The first-order valence-corrected chi connectivity index (χ1v) is 8.29. The monoisotopic (exact) mass is 315 g/mol. The standard InChI is InChI=1S/C13H21N3O2S2/c1-10(8-16(2)3)15-20(17,18)9-11-4-6-12(7-5-11)13(14)19/h4-7,10,15H,8-9H2,1-3H3,(H2,14,19). The molecule has 1 rings (SSSR count). The van der Waals surface area contributed by atoms with Gasteiger partial charge in [-0.1, -0.05) is 36.5 Å². The molecule has 0 saturated heterocycles. The quantitative estimate of drug-likeness (QED) is 0.724. The number of rotatable bonds is 7. The maximum absolute atomic E-state index is 12.0. The lowest BCUT2D eigenvalue weighted by Gasteiger charge is -2.18. The molecule has 0 radical (unpaired) electrons. The first-order valence-electron chi connectivity index (χ1n) is 6.23. The molecule has 112 valence electrons. The van der Waals surface area contributed by atoms with Gasteiger partial charge in [0.15, 0.2) is 0 Å². The Bertz CT molecular complexity index is 553. The molecule has 1 aromatic carbocycles. The first-order chi connectivity index (χ1) is 9.19. The molecule has 20 heavy (non-hydrogen) atoms. The Morgan fingerprint density at radius 1 is 1.35 bits per heavy atom. The van der Waals surface area contributed by atoms with E-state index < -0.39 is 10.0 Å². The summed E-state index contributed by atoms with van der Waals surface area (Å²) < 4.78 is 26.7. The SMILES string of the molecule is CC(CN(C)C)NS(=O)(=O)Cc1ccc(C(N)=S)cc1. The summed E-state index contributed by atoms with van der Waals surface area (Å²) in [5.74, 6) is -0.0532. The third kappa shape index (κ3) is 5.96. The van der Waals surface area contributed by atoms with Crippen LogP contribution in [0.3, 0.4) is 0 Å². The van der Waals surface area contributed by atoms with Crippen molar-refractivity contribution in [2.45, 2.75) is 18.7 Å². The van der Waals surface area contributed by atoms with E-state index >= 15 is 0 Å². The number of sulfonamides is 1. The Labute approximate surface area is 126 Å². The zero-order valence-electron chi connectivity index (χ0n) is 12.0. The Morgan fingerprint density at radius 3 is 2.35 bits per heavy atom. The van der Waals surface area contributed by atoms with Crippen LogP contribution < -0.4 is 10.5 Å². The first kappa shape index (κ1) is 17.0. The molecule has 1 aromatic rings. The molecule has 0 fully saturated rings. The lowest BCUT2D eigenvalue weighted by atomic mass is 10.1. The van der Waals surface area contributed by atoms with Crippen LogP contribution in [0, 0.1) is 0 Å². The lowest BCUT2D eigenvalue weighted by Crippen LogP contribution is -2.40. The van der Waals surface area contributed by atoms with Gasteiger partial charge >= 0.3 is 0 Å². The number of nitrogens with one attached hydrogen (secondary N) is 1. The molecule has 0 aromatic heterocycles. The average Bonchev–Trinajstić information content (AvgIpc) is 2.26. The van der Waals surface area contributed by atoms with Gasteiger partial charge in [-0.3, -0.25) is 0 Å². The lowest BCUT2D eigenvalue weighted by molar-refractivity contribution is 0.370. The highest BCUT2D eigenvalue weighted by atomic mass is 32.2. The van der Waals surface area contributed by atoms with E-state index in [0.717, 1.165) is 5.56 Å². The van der Waals surface area contributed by atoms with Gasteiger partial charge in [0.1, 0.15) is 4.99 Å². The van der Waals surface area contributed by atoms with Crippen LogP contribution in [-0.2, 0) is 15.8 Å². The summed E-state index contributed by atoms with van der Waals surface area (Å²) in [5.41, 5.74) is 6.93. The normalized spacial score (nSPS) is 13.4. The number of nitrogens with zero attached hydrogens (tertiary/aromatic N) is 1. The smallest absolute Gasteiger partial charge is 0.216 e. The van der Waals surface area contributed by atoms with E-state index in [1.54, 1.807) is 24.3 Å². The molecule has 5 nitrogen and oxygen atoms in total. The number of benzene rings is 1. The van der Waals surface area contributed by atoms with Crippen LogP contribution in [-0.4, -0.2) is 45.0 Å². The molecule has 0 aliphatic rings. The van der Waals surface area contributed by atoms with Gasteiger partial charge in [0, 0.05) is 18.2 Å². The minimum Gasteiger partial charge on any atom is -0.389 e. The van der Waals surface area contributed by atoms with Crippen LogP contribution in [0.2, 0.25) is 0 Å². The van der Waals surface area contributed by atoms with Crippen molar-refractivity contribution in [1.82, 2.24) is 9.62 Å². The minimum atomic E-state index is -3.35. The largest absolute Gasteiger partial charge is 0.389 e. The maximum Gasteiger partial charge on any atom is 0.216 e. The number of hydrogen-bond acceptors (Lipinski definition) is 4. The summed E-state index contributed by atoms with van der Waals surface area (Å²) in [4.78, 5) is 2.24. The molecule has 0 saturated carbocycles. The molecule has 0 aliphatic carbocycles. The average molecular weight is 315 g/mol. The fourth-order valence-corrected chi connectivity index (χ4v) is 3.46. The van der Waals surface area contributed by atoms with Crippen molar-refractivity contribution < 1.29 is 8.42 Å². The van der Waals surface area contributed by atoms with Gasteiger partial charge in [-0.15, -0.1) is 0 Å². The van der Waals surface area contributed by atoms with Crippen LogP contribution in [0.15, 0.2) is 24.3 Å². The molecule has 1 atom stereocenters. The zero-order chi connectivity index (χ0) is 15.3. The van der Waals surface area contributed by atoms with E-state index in [1.807, 2.05) is 25.9 Å². The fourth-order valence-electron chi connectivity index (χ4n) is 1.92. The Kier molecular flexibility index (Phi) is 6.07. The summed E-state index contributed by atoms with van der Waals surface area (Å²) in [6.07, 6.45) is 0. The van der Waals surface area contributed by atoms with Gasteiger partial charge in [-0.05, 0) is 26.6 Å². The van der Waals surface area contributed by atoms with Gasteiger partial charge in [-0.2, -0.15) is 0 Å². The van der Waals surface area contributed by atoms with Crippen molar-refractivity contribution >= 4 is 27.2 Å². The Balaban J connectivity index is 2.68. The Hall–Kier alpha value is -1.02. The van der Waals surface area contributed by atoms with Crippen LogP contribution in [0.25, 0.3) is 0 Å². The second-order valence-electron chi connectivity index (χ2n) is 5.10. The van der Waals surface area contributed by atoms with Crippen LogP contribution >= 0.6 is 12.2 Å². The molecular weight excluding hydrogens is 294 g/mol. The molecule has 0 spiro atoms. The van der Waals surface area contributed by atoms with Gasteiger partial charge in [0.2, 0.25) is 10.0 Å². The summed E-state index contributed by atoms with van der Waals surface area (Å²) in [7, 11) is 0.451. The molecule has 0 heterocycles. The second kappa shape index (κ2) is 7.12. The molecule has 3 N–H and O–H groups in total. The van der Waals surface area contributed by atoms with Crippen molar-refractivity contribution in [1.29, 1.82) is 0 Å². The fraction of sp³-hybridized carbons (Fsp3) is 0.462. The van der Waals surface area contributed by atoms with Crippen molar-refractivity contribution in [2.75, 3.05) is 20.6 Å². The molecule has 0 bridgehead atoms. The number of nitrogens with two attached hydrogens (primary N) is 1. The van der Waals surface area contributed by atoms with Crippen molar-refractivity contribution in [3.05, 3.63) is 35.4 Å². The molecular formula is C13H21N3O2S2. The van der Waals surface area contributed by atoms with E-state index in [9.17, 15) is 8.42 Å². The van der Waals surface area contributed by atoms with Gasteiger partial charge in [0.05, 0.1) is 5.75 Å². The third-order valence-electron chi connectivity index (χ3n) is 2.61. The Morgan fingerprint density at radius 2 is 1.90 bits per heavy atom. The highest BCUT2D eigenvalue weighted by Crippen LogP contribution is 2.08. The second-order valence-corrected chi connectivity index (χ2v) is 7.30. The summed E-state index contributed by atoms with van der Waals surface area (Å²) in [6, 6.07) is 6.78. The van der Waals surface area contributed by atoms with E-state index in [-0.39, 0.29) is 11.8 Å². The summed E-state index contributed by atoms with van der Waals surface area (Å²) in [5, 5.41) is 0. The summed E-state index contributed by atoms with van der Waals surface area (Å²) in [6.45, 7) is 2.49. The van der Waals surface area contributed by atoms with Crippen molar-refractivity contribution in [2.24, 2.45) is 5.73 Å². The highest BCUT2D eigenvalue weighted by Gasteiger charge is 2.15. The van der Waals surface area contributed by atoms with E-state index in [1.165, 1.54) is 0 Å². The van der Waals surface area contributed by atoms with Gasteiger partial charge in [-0.25, -0.2) is 13.1 Å². The molecule has 0 amide bonds. The predicted molar refractivity (Wildman–Crippen MR) is 86.1 cm³/mol. The summed E-state index contributed by atoms with van der Waals surface area (Å²) >= 11 is 4.85. The van der Waals surface area contributed by atoms with Crippen LogP contribution in [0.4, 0.5) is 0 Å². The highest BCUT2D eigenvalue weighted by molar-refractivity contribution is 7.88. The minimum absolute atomic E-state index is 0.0532. The predicted octanol–water partition coefficient (Wildman–Crippen LogP) is 0.690. The van der Waals surface area contributed by atoms with Gasteiger partial charge in [0.25, 0.3) is 0 Å². The van der Waals surface area contributed by atoms with E-state index in [2.05, 4.69) is 4.72 Å². The number of hydrogen-bond donors (Lipinski definition) is 2. The van der Waals surface area contributed by atoms with Crippen molar-refractivity contribution in [3.63, 3.8) is 0 Å². The third-order valence-corrected chi connectivity index (χ3v) is 4.33. The van der Waals surface area contributed by atoms with E-state index in [0.29, 0.717) is 17.1 Å². The van der Waals surface area contributed by atoms with Gasteiger partial charge < -0.3 is 10.6 Å². The maximum atomic E-state index is 12.0. The number of likely N-dealkylation sites (N-methyl/N-ethyl adjacent to an activating group) is 1. The topological polar surface area (TPSA) is 75.4 Å². The van der Waals surface area contributed by atoms with Crippen molar-refractivity contribution in [3.8, 4) is 0 Å². The van der Waals surface area contributed by atoms with Crippen LogP contribution in [0.5, 0.6) is 0 Å². The molecule has 7 heteroatoms. The van der Waals surface area contributed by atoms with Crippen LogP contribution in [0.1, 0.15) is 18.1 Å². The number of thiocarbonyl (C=S) groups is 1. The molecule has 0 aliphatic heterocycles. The molecule has 1 unspecified atom stereocenters. The van der Waals surface area contributed by atoms with E-state index in [4.69, 9.17) is 18.0 Å².